The minimum atomic E-state index is -3.43. The van der Waals surface area contributed by atoms with Gasteiger partial charge in [-0.15, -0.1) is 0 Å². The third kappa shape index (κ3) is 4.86. The van der Waals surface area contributed by atoms with Gasteiger partial charge in [0.25, 0.3) is 0 Å². The first-order chi connectivity index (χ1) is 14.5. The van der Waals surface area contributed by atoms with Crippen LogP contribution in [0, 0.1) is 32.1 Å². The Hall–Kier alpha value is -3.37. The normalized spacial score (nSPS) is 11.2. The summed E-state index contributed by atoms with van der Waals surface area (Å²) >= 11 is 0. The molecule has 0 aliphatic heterocycles. The lowest BCUT2D eigenvalue weighted by Crippen LogP contribution is -2.12. The van der Waals surface area contributed by atoms with E-state index in [1.165, 1.54) is 6.07 Å². The Bertz CT molecular complexity index is 1330. The van der Waals surface area contributed by atoms with Crippen LogP contribution in [-0.2, 0) is 23.5 Å². The van der Waals surface area contributed by atoms with Crippen molar-refractivity contribution in [2.24, 2.45) is 7.05 Å². The molecule has 3 rings (SSSR count). The third-order valence-corrected chi connectivity index (χ3v) is 5.88. The summed E-state index contributed by atoms with van der Waals surface area (Å²) in [5, 5.41) is 9.55. The molecule has 1 heterocycles. The summed E-state index contributed by atoms with van der Waals surface area (Å²) in [6.45, 7) is 5.84. The summed E-state index contributed by atoms with van der Waals surface area (Å²) in [6, 6.07) is 14.8. The van der Waals surface area contributed by atoms with Crippen molar-refractivity contribution in [1.82, 2.24) is 4.57 Å². The Kier molecular flexibility index (Phi) is 6.05. The van der Waals surface area contributed by atoms with E-state index in [0.717, 1.165) is 34.2 Å². The molecule has 6 nitrogen and oxygen atoms in total. The van der Waals surface area contributed by atoms with Gasteiger partial charge in [-0.3, -0.25) is 9.52 Å². The van der Waals surface area contributed by atoms with Crippen molar-refractivity contribution in [3.05, 3.63) is 87.2 Å². The van der Waals surface area contributed by atoms with Crippen molar-refractivity contribution in [3.8, 4) is 6.07 Å². The highest BCUT2D eigenvalue weighted by Gasteiger charge is 2.20. The van der Waals surface area contributed by atoms with Crippen LogP contribution in [-0.4, -0.2) is 25.0 Å². The molecule has 0 saturated heterocycles. The molecule has 0 aliphatic carbocycles. The average Bonchev–Trinajstić information content (AvgIpc) is 2.94. The molecule has 3 aromatic rings. The monoisotopic (exact) mass is 435 g/mol. The zero-order valence-electron chi connectivity index (χ0n) is 18.3. The second kappa shape index (κ2) is 8.40. The number of carbonyl (C=O) groups excluding carboxylic acids is 1. The fourth-order valence-electron chi connectivity index (χ4n) is 3.83. The number of carbonyl (C=O) groups is 1. The minimum absolute atomic E-state index is 0.0306. The predicted octanol–water partition coefficient (Wildman–Crippen LogP) is 4.02. The summed E-state index contributed by atoms with van der Waals surface area (Å²) in [7, 11) is -1.57. The van der Waals surface area contributed by atoms with Gasteiger partial charge in [-0.1, -0.05) is 29.8 Å². The summed E-state index contributed by atoms with van der Waals surface area (Å²) in [5.74, 6) is -0.0306. The van der Waals surface area contributed by atoms with E-state index in [-0.39, 0.29) is 5.78 Å². The molecule has 2 aromatic carbocycles. The number of ketones is 1. The fraction of sp³-hybridized carbons (Fsp3) is 0.250. The van der Waals surface area contributed by atoms with Crippen LogP contribution < -0.4 is 4.72 Å². The van der Waals surface area contributed by atoms with Crippen LogP contribution in [0.15, 0.2) is 42.5 Å². The molecule has 7 heteroatoms. The van der Waals surface area contributed by atoms with Crippen molar-refractivity contribution in [1.29, 1.82) is 5.26 Å². The van der Waals surface area contributed by atoms with Crippen LogP contribution >= 0.6 is 0 Å². The minimum Gasteiger partial charge on any atom is -0.344 e. The molecule has 1 aromatic heterocycles. The molecule has 0 aliphatic rings. The molecule has 160 valence electrons. The Morgan fingerprint density at radius 1 is 1.06 bits per heavy atom. The van der Waals surface area contributed by atoms with Gasteiger partial charge in [0.05, 0.1) is 23.6 Å². The average molecular weight is 436 g/mol. The van der Waals surface area contributed by atoms with Crippen molar-refractivity contribution in [2.45, 2.75) is 27.2 Å². The quantitative estimate of drug-likeness (QED) is 0.592. The summed E-state index contributed by atoms with van der Waals surface area (Å²) < 4.78 is 27.2. The van der Waals surface area contributed by atoms with E-state index in [0.29, 0.717) is 28.9 Å². The van der Waals surface area contributed by atoms with Gasteiger partial charge in [-0.25, -0.2) is 8.42 Å². The van der Waals surface area contributed by atoms with E-state index in [2.05, 4.69) is 10.8 Å². The van der Waals surface area contributed by atoms with Gasteiger partial charge in [-0.05, 0) is 55.7 Å². The molecular formula is C24H25N3O3S. The smallest absolute Gasteiger partial charge is 0.229 e. The first kappa shape index (κ1) is 22.3. The highest BCUT2D eigenvalue weighted by molar-refractivity contribution is 7.92. The van der Waals surface area contributed by atoms with Crippen LogP contribution in [0.3, 0.4) is 0 Å². The largest absolute Gasteiger partial charge is 0.344 e. The van der Waals surface area contributed by atoms with Crippen molar-refractivity contribution in [2.75, 3.05) is 11.0 Å². The van der Waals surface area contributed by atoms with E-state index >= 15 is 0 Å². The van der Waals surface area contributed by atoms with E-state index in [4.69, 9.17) is 0 Å². The predicted molar refractivity (Wildman–Crippen MR) is 122 cm³/mol. The molecule has 1 N–H and O–H groups in total. The third-order valence-electron chi connectivity index (χ3n) is 5.27. The Morgan fingerprint density at radius 3 is 2.39 bits per heavy atom. The van der Waals surface area contributed by atoms with Gasteiger partial charge in [0.15, 0.2) is 0 Å². The molecule has 0 radical (unpaired) electrons. The molecule has 0 saturated carbocycles. The number of hydrogen-bond donors (Lipinski definition) is 1. The molecule has 0 bridgehead atoms. The highest BCUT2D eigenvalue weighted by Crippen LogP contribution is 2.24. The van der Waals surface area contributed by atoms with Gasteiger partial charge >= 0.3 is 0 Å². The van der Waals surface area contributed by atoms with Crippen molar-refractivity contribution < 1.29 is 13.2 Å². The lowest BCUT2D eigenvalue weighted by Gasteiger charge is -2.12. The van der Waals surface area contributed by atoms with E-state index < -0.39 is 10.0 Å². The number of aryl methyl sites for hydroxylation is 3. The number of rotatable bonds is 6. The molecule has 0 fully saturated rings. The highest BCUT2D eigenvalue weighted by atomic mass is 32.2. The van der Waals surface area contributed by atoms with Gasteiger partial charge in [0.2, 0.25) is 15.8 Å². The van der Waals surface area contributed by atoms with Crippen LogP contribution in [0.25, 0.3) is 0 Å². The van der Waals surface area contributed by atoms with Crippen LogP contribution in [0.2, 0.25) is 0 Å². The summed E-state index contributed by atoms with van der Waals surface area (Å²) in [6.07, 6.45) is 1.51. The second-order valence-electron chi connectivity index (χ2n) is 7.91. The van der Waals surface area contributed by atoms with Crippen LogP contribution in [0.5, 0.6) is 0 Å². The summed E-state index contributed by atoms with van der Waals surface area (Å²) in [4.78, 5) is 13.2. The molecule has 0 spiro atoms. The number of nitrogens with one attached hydrogen (secondary N) is 1. The number of nitriles is 1. The SMILES string of the molecule is Cc1ccc(C(=O)c2c(C)cc(Cc3ccc(NS(C)(=O)=O)cc3C#N)n2C)c(C)c1. The van der Waals surface area contributed by atoms with Gasteiger partial charge in [0.1, 0.15) is 0 Å². The molecule has 0 atom stereocenters. The zero-order valence-corrected chi connectivity index (χ0v) is 19.1. The number of anilines is 1. The maximum Gasteiger partial charge on any atom is 0.229 e. The lowest BCUT2D eigenvalue weighted by atomic mass is 9.99. The first-order valence-electron chi connectivity index (χ1n) is 9.78. The van der Waals surface area contributed by atoms with Gasteiger partial charge < -0.3 is 4.57 Å². The maximum atomic E-state index is 13.2. The molecule has 0 amide bonds. The second-order valence-corrected chi connectivity index (χ2v) is 9.66. The maximum absolute atomic E-state index is 13.2. The standard InChI is InChI=1S/C24H25N3O3S/c1-15-6-9-22(16(2)10-15)24(28)23-17(3)11-21(27(23)4)13-18-7-8-20(12-19(18)14-25)26-31(5,29)30/h6-12,26H,13H2,1-5H3. The van der Waals surface area contributed by atoms with Crippen LogP contribution in [0.1, 0.15) is 49.6 Å². The molecular weight excluding hydrogens is 410 g/mol. The number of benzene rings is 2. The summed E-state index contributed by atoms with van der Waals surface area (Å²) in [5.41, 5.74) is 6.59. The van der Waals surface area contributed by atoms with Crippen molar-refractivity contribution >= 4 is 21.5 Å². The van der Waals surface area contributed by atoms with Crippen LogP contribution in [0.4, 0.5) is 5.69 Å². The van der Waals surface area contributed by atoms with E-state index in [1.54, 1.807) is 12.1 Å². The first-order valence-corrected chi connectivity index (χ1v) is 11.7. The fourth-order valence-corrected chi connectivity index (χ4v) is 4.38. The number of aromatic nitrogens is 1. The van der Waals surface area contributed by atoms with Gasteiger partial charge in [0, 0.05) is 30.4 Å². The number of nitrogens with zero attached hydrogens (tertiary/aromatic N) is 2. The van der Waals surface area contributed by atoms with Gasteiger partial charge in [-0.2, -0.15) is 5.26 Å². The van der Waals surface area contributed by atoms with E-state index in [1.807, 2.05) is 56.7 Å². The Morgan fingerprint density at radius 2 is 1.77 bits per heavy atom. The topological polar surface area (TPSA) is 92.0 Å². The Labute approximate surface area is 183 Å². The Balaban J connectivity index is 1.96. The van der Waals surface area contributed by atoms with Crippen molar-refractivity contribution in [3.63, 3.8) is 0 Å². The zero-order chi connectivity index (χ0) is 22.9. The number of sulfonamides is 1. The van der Waals surface area contributed by atoms with E-state index in [9.17, 15) is 18.5 Å². The lowest BCUT2D eigenvalue weighted by molar-refractivity contribution is 0.103. The molecule has 31 heavy (non-hydrogen) atoms. The number of hydrogen-bond acceptors (Lipinski definition) is 4. The molecule has 0 unspecified atom stereocenters.